The maximum absolute atomic E-state index is 11.9. The quantitative estimate of drug-likeness (QED) is 0.876. The van der Waals surface area contributed by atoms with Crippen molar-refractivity contribution >= 4 is 23.3 Å². The van der Waals surface area contributed by atoms with Gasteiger partial charge in [0, 0.05) is 17.0 Å². The van der Waals surface area contributed by atoms with E-state index in [9.17, 15) is 4.79 Å². The molecule has 0 saturated carbocycles. The molecule has 1 amide bonds. The van der Waals surface area contributed by atoms with E-state index in [0.29, 0.717) is 0 Å². The molecule has 0 spiro atoms. The summed E-state index contributed by atoms with van der Waals surface area (Å²) in [6.45, 7) is 7.68. The zero-order valence-corrected chi connectivity index (χ0v) is 12.9. The minimum absolute atomic E-state index is 0.0817. The van der Waals surface area contributed by atoms with Gasteiger partial charge in [-0.3, -0.25) is 4.79 Å². The third-order valence-corrected chi connectivity index (χ3v) is 3.74. The van der Waals surface area contributed by atoms with E-state index in [2.05, 4.69) is 10.3 Å². The van der Waals surface area contributed by atoms with E-state index in [1.807, 2.05) is 39.1 Å². The molecule has 1 N–H and O–H groups in total. The number of hydrogen-bond acceptors (Lipinski definition) is 4. The lowest BCUT2D eigenvalue weighted by Crippen LogP contribution is -2.24. The van der Waals surface area contributed by atoms with Gasteiger partial charge in [0.1, 0.15) is 11.5 Å². The Morgan fingerprint density at radius 2 is 2.20 bits per heavy atom. The number of amides is 1. The molecule has 0 aromatic carbocycles. The van der Waals surface area contributed by atoms with Crippen molar-refractivity contribution in [2.24, 2.45) is 0 Å². The summed E-state index contributed by atoms with van der Waals surface area (Å²) >= 11 is 1.57. The molecule has 5 heteroatoms. The number of hydrogen-bond donors (Lipinski definition) is 1. The molecule has 2 aromatic heterocycles. The van der Waals surface area contributed by atoms with Gasteiger partial charge in [-0.2, -0.15) is 0 Å². The molecular weight excluding hydrogens is 272 g/mol. The lowest BCUT2D eigenvalue weighted by Gasteiger charge is -2.11. The van der Waals surface area contributed by atoms with Crippen molar-refractivity contribution in [2.75, 3.05) is 0 Å². The van der Waals surface area contributed by atoms with E-state index in [0.717, 1.165) is 27.8 Å². The van der Waals surface area contributed by atoms with Gasteiger partial charge in [0.2, 0.25) is 5.91 Å². The molecule has 0 aliphatic rings. The van der Waals surface area contributed by atoms with Crippen LogP contribution in [0.2, 0.25) is 0 Å². The predicted molar refractivity (Wildman–Crippen MR) is 80.6 cm³/mol. The Hall–Kier alpha value is -1.88. The first-order chi connectivity index (χ1) is 9.45. The molecule has 0 fully saturated rings. The van der Waals surface area contributed by atoms with Crippen LogP contribution in [-0.4, -0.2) is 10.9 Å². The van der Waals surface area contributed by atoms with Gasteiger partial charge in [-0.05, 0) is 39.8 Å². The minimum atomic E-state index is -0.138. The normalized spacial score (nSPS) is 12.8. The zero-order valence-electron chi connectivity index (χ0n) is 12.1. The highest BCUT2D eigenvalue weighted by Gasteiger charge is 2.13. The maximum Gasteiger partial charge on any atom is 0.244 e. The van der Waals surface area contributed by atoms with Crippen LogP contribution >= 0.6 is 11.3 Å². The third kappa shape index (κ3) is 3.57. The standard InChI is InChI=1S/C15H18N2O2S/c1-9-7-14(11(3)19-9)10(2)16-15(18)6-5-13-8-20-12(4)17-13/h5-8,10H,1-4H3,(H,16,18). The molecule has 0 radical (unpaired) electrons. The van der Waals surface area contributed by atoms with E-state index < -0.39 is 0 Å². The van der Waals surface area contributed by atoms with E-state index in [1.54, 1.807) is 17.4 Å². The molecule has 2 heterocycles. The molecule has 0 aliphatic carbocycles. The van der Waals surface area contributed by atoms with Crippen LogP contribution in [-0.2, 0) is 4.79 Å². The number of furan rings is 1. The summed E-state index contributed by atoms with van der Waals surface area (Å²) in [6.07, 6.45) is 3.23. The molecule has 20 heavy (non-hydrogen) atoms. The van der Waals surface area contributed by atoms with Crippen molar-refractivity contribution in [1.82, 2.24) is 10.3 Å². The zero-order chi connectivity index (χ0) is 14.7. The molecule has 0 bridgehead atoms. The molecule has 2 aromatic rings. The Kier molecular flexibility index (Phi) is 4.39. The van der Waals surface area contributed by atoms with Gasteiger partial charge >= 0.3 is 0 Å². The van der Waals surface area contributed by atoms with Crippen molar-refractivity contribution < 1.29 is 9.21 Å². The van der Waals surface area contributed by atoms with Gasteiger partial charge in [-0.25, -0.2) is 4.98 Å². The van der Waals surface area contributed by atoms with Gasteiger partial charge in [-0.1, -0.05) is 0 Å². The number of nitrogens with zero attached hydrogens (tertiary/aromatic N) is 1. The van der Waals surface area contributed by atoms with Crippen molar-refractivity contribution in [3.63, 3.8) is 0 Å². The van der Waals surface area contributed by atoms with E-state index >= 15 is 0 Å². The predicted octanol–water partition coefficient (Wildman–Crippen LogP) is 3.55. The SMILES string of the molecule is Cc1cc(C(C)NC(=O)C=Cc2csc(C)n2)c(C)o1. The van der Waals surface area contributed by atoms with Crippen LogP contribution in [0.1, 0.15) is 40.8 Å². The second kappa shape index (κ2) is 6.05. The molecule has 4 nitrogen and oxygen atoms in total. The average Bonchev–Trinajstić information content (AvgIpc) is 2.92. The summed E-state index contributed by atoms with van der Waals surface area (Å²) in [5.41, 5.74) is 1.82. The van der Waals surface area contributed by atoms with Crippen molar-refractivity contribution in [1.29, 1.82) is 0 Å². The highest BCUT2D eigenvalue weighted by molar-refractivity contribution is 7.09. The Labute approximate surface area is 122 Å². The van der Waals surface area contributed by atoms with Crippen LogP contribution < -0.4 is 5.32 Å². The van der Waals surface area contributed by atoms with Gasteiger partial charge in [0.25, 0.3) is 0 Å². The molecule has 1 atom stereocenters. The van der Waals surface area contributed by atoms with Gasteiger partial charge in [-0.15, -0.1) is 11.3 Å². The van der Waals surface area contributed by atoms with Crippen LogP contribution in [0.15, 0.2) is 21.9 Å². The lowest BCUT2D eigenvalue weighted by molar-refractivity contribution is -0.117. The van der Waals surface area contributed by atoms with Crippen LogP contribution in [0, 0.1) is 20.8 Å². The minimum Gasteiger partial charge on any atom is -0.466 e. The fraction of sp³-hybridized carbons (Fsp3) is 0.333. The summed E-state index contributed by atoms with van der Waals surface area (Å²) in [5.74, 6) is 1.56. The Balaban J connectivity index is 1.97. The Morgan fingerprint density at radius 1 is 1.45 bits per heavy atom. The number of aromatic nitrogens is 1. The van der Waals surface area contributed by atoms with Crippen LogP contribution in [0.4, 0.5) is 0 Å². The number of thiazole rings is 1. The van der Waals surface area contributed by atoms with Gasteiger partial charge in [0.05, 0.1) is 16.7 Å². The highest BCUT2D eigenvalue weighted by Crippen LogP contribution is 2.21. The van der Waals surface area contributed by atoms with Crippen LogP contribution in [0.5, 0.6) is 0 Å². The highest BCUT2D eigenvalue weighted by atomic mass is 32.1. The monoisotopic (exact) mass is 290 g/mol. The maximum atomic E-state index is 11.9. The van der Waals surface area contributed by atoms with Gasteiger partial charge in [0.15, 0.2) is 0 Å². The van der Waals surface area contributed by atoms with Crippen LogP contribution in [0.3, 0.4) is 0 Å². The molecule has 0 saturated heterocycles. The number of nitrogens with one attached hydrogen (secondary N) is 1. The number of carbonyl (C=O) groups is 1. The third-order valence-electron chi connectivity index (χ3n) is 2.95. The molecule has 106 valence electrons. The largest absolute Gasteiger partial charge is 0.466 e. The Morgan fingerprint density at radius 3 is 2.75 bits per heavy atom. The second-order valence-corrected chi connectivity index (χ2v) is 5.79. The fourth-order valence-electron chi connectivity index (χ4n) is 2.04. The summed E-state index contributed by atoms with van der Waals surface area (Å²) < 4.78 is 5.47. The summed E-state index contributed by atoms with van der Waals surface area (Å²) in [6, 6.07) is 1.87. The van der Waals surface area contributed by atoms with E-state index in [1.165, 1.54) is 6.08 Å². The first-order valence-electron chi connectivity index (χ1n) is 6.43. The number of aryl methyl sites for hydroxylation is 3. The first kappa shape index (κ1) is 14.5. The van der Waals surface area contributed by atoms with Crippen LogP contribution in [0.25, 0.3) is 6.08 Å². The Bertz CT molecular complexity index is 640. The number of carbonyl (C=O) groups excluding carboxylic acids is 1. The first-order valence-corrected chi connectivity index (χ1v) is 7.31. The smallest absolute Gasteiger partial charge is 0.244 e. The van der Waals surface area contributed by atoms with Crippen molar-refractivity contribution in [2.45, 2.75) is 33.7 Å². The fourth-order valence-corrected chi connectivity index (χ4v) is 2.62. The summed E-state index contributed by atoms with van der Waals surface area (Å²) in [5, 5.41) is 5.83. The molecular formula is C15H18N2O2S. The molecule has 0 aliphatic heterocycles. The molecule has 1 unspecified atom stereocenters. The number of rotatable bonds is 4. The summed E-state index contributed by atoms with van der Waals surface area (Å²) in [4.78, 5) is 16.1. The van der Waals surface area contributed by atoms with Crippen molar-refractivity contribution in [3.8, 4) is 0 Å². The van der Waals surface area contributed by atoms with Gasteiger partial charge < -0.3 is 9.73 Å². The second-order valence-electron chi connectivity index (χ2n) is 4.72. The average molecular weight is 290 g/mol. The topological polar surface area (TPSA) is 55.1 Å². The van der Waals surface area contributed by atoms with Crippen molar-refractivity contribution in [3.05, 3.63) is 45.3 Å². The lowest BCUT2D eigenvalue weighted by atomic mass is 10.1. The van der Waals surface area contributed by atoms with E-state index in [4.69, 9.17) is 4.42 Å². The summed E-state index contributed by atoms with van der Waals surface area (Å²) in [7, 11) is 0. The van der Waals surface area contributed by atoms with E-state index in [-0.39, 0.29) is 11.9 Å². The molecule has 2 rings (SSSR count).